The number of nitrogens with one attached hydrogen (secondary N) is 1. The van der Waals surface area contributed by atoms with Crippen molar-refractivity contribution in [1.29, 1.82) is 0 Å². The van der Waals surface area contributed by atoms with Gasteiger partial charge in [-0.3, -0.25) is 0 Å². The smallest absolute Gasteiger partial charge is 0.157 e. The van der Waals surface area contributed by atoms with Crippen LogP contribution in [0, 0.1) is 0 Å². The second-order valence-electron chi connectivity index (χ2n) is 2.82. The normalized spacial score (nSPS) is 12.8. The van der Waals surface area contributed by atoms with Crippen LogP contribution in [-0.2, 0) is 0 Å². The van der Waals surface area contributed by atoms with Crippen molar-refractivity contribution in [3.05, 3.63) is 23.8 Å². The van der Waals surface area contributed by atoms with Gasteiger partial charge in [0.2, 0.25) is 0 Å². The van der Waals surface area contributed by atoms with Crippen LogP contribution in [0.2, 0.25) is 0 Å². The lowest BCUT2D eigenvalue weighted by Crippen LogP contribution is -2.16. The summed E-state index contributed by atoms with van der Waals surface area (Å²) in [5, 5.41) is 30.4. The van der Waals surface area contributed by atoms with Gasteiger partial charge in [-0.05, 0) is 24.7 Å². The fourth-order valence-electron chi connectivity index (χ4n) is 1.06. The van der Waals surface area contributed by atoms with Crippen LogP contribution in [-0.4, -0.2) is 28.9 Å². The first kappa shape index (κ1) is 9.83. The largest absolute Gasteiger partial charge is 0.504 e. The number of likely N-dealkylation sites (N-methyl/N-ethyl adjacent to an activating group) is 1. The molecule has 72 valence electrons. The number of aliphatic hydroxyl groups excluding tert-OH is 1. The number of benzene rings is 1. The minimum Gasteiger partial charge on any atom is -0.504 e. The molecule has 1 atom stereocenters. The van der Waals surface area contributed by atoms with E-state index in [9.17, 15) is 5.11 Å². The molecule has 13 heavy (non-hydrogen) atoms. The Labute approximate surface area is 76.5 Å². The number of hydrogen-bond acceptors (Lipinski definition) is 4. The summed E-state index contributed by atoms with van der Waals surface area (Å²) in [6.07, 6.45) is -0.670. The van der Waals surface area contributed by atoms with Gasteiger partial charge >= 0.3 is 0 Å². The standard InChI is InChI=1S/C9H13NO3/c1-10-5-9(13)6-2-3-7(11)8(12)4-6/h2-4,9-13H,5H2,1H3/i1-1. The molecule has 0 bridgehead atoms. The molecule has 0 aliphatic heterocycles. The molecule has 0 fully saturated rings. The molecule has 4 N–H and O–H groups in total. The number of aliphatic hydroxyl groups is 1. The van der Waals surface area contributed by atoms with Crippen molar-refractivity contribution in [3.8, 4) is 11.5 Å². The zero-order valence-electron chi connectivity index (χ0n) is 7.36. The van der Waals surface area contributed by atoms with Gasteiger partial charge < -0.3 is 20.6 Å². The highest BCUT2D eigenvalue weighted by Gasteiger charge is 2.08. The van der Waals surface area contributed by atoms with E-state index in [0.29, 0.717) is 12.1 Å². The van der Waals surface area contributed by atoms with Gasteiger partial charge in [-0.15, -0.1) is 0 Å². The second kappa shape index (κ2) is 4.11. The van der Waals surface area contributed by atoms with Crippen LogP contribution >= 0.6 is 0 Å². The molecule has 1 aromatic carbocycles. The van der Waals surface area contributed by atoms with Gasteiger partial charge in [-0.25, -0.2) is 0 Å². The van der Waals surface area contributed by atoms with Crippen LogP contribution in [0.25, 0.3) is 0 Å². The molecule has 1 rings (SSSR count). The molecule has 0 spiro atoms. The Balaban J connectivity index is 2.84. The van der Waals surface area contributed by atoms with Crippen LogP contribution in [0.3, 0.4) is 0 Å². The average molecular weight is 182 g/mol. The summed E-state index contributed by atoms with van der Waals surface area (Å²) in [6, 6.07) is 4.26. The van der Waals surface area contributed by atoms with E-state index in [4.69, 9.17) is 10.2 Å². The Morgan fingerprint density at radius 2 is 2.00 bits per heavy atom. The van der Waals surface area contributed by atoms with Crippen molar-refractivity contribution in [3.63, 3.8) is 0 Å². The summed E-state index contributed by atoms with van der Waals surface area (Å²) in [5.41, 5.74) is 0.574. The number of phenolic OH excluding ortho intramolecular Hbond substituents is 2. The van der Waals surface area contributed by atoms with Gasteiger partial charge in [-0.1, -0.05) is 6.07 Å². The van der Waals surface area contributed by atoms with Crippen LogP contribution in [0.15, 0.2) is 18.2 Å². The second-order valence-corrected chi connectivity index (χ2v) is 2.82. The highest BCUT2D eigenvalue weighted by Crippen LogP contribution is 2.27. The van der Waals surface area contributed by atoms with Crippen molar-refractivity contribution in [1.82, 2.24) is 5.32 Å². The van der Waals surface area contributed by atoms with Crippen molar-refractivity contribution in [2.24, 2.45) is 0 Å². The summed E-state index contributed by atoms with van der Waals surface area (Å²) < 4.78 is 0. The summed E-state index contributed by atoms with van der Waals surface area (Å²) in [6.45, 7) is 0.407. The lowest BCUT2D eigenvalue weighted by molar-refractivity contribution is 0.177. The third-order valence-electron chi connectivity index (χ3n) is 1.78. The maximum absolute atomic E-state index is 9.48. The third kappa shape index (κ3) is 2.34. The molecular weight excluding hydrogens is 169 g/mol. The van der Waals surface area contributed by atoms with Gasteiger partial charge in [0.05, 0.1) is 6.10 Å². The number of aromatic hydroxyl groups is 2. The van der Waals surface area contributed by atoms with E-state index >= 15 is 0 Å². The van der Waals surface area contributed by atoms with E-state index in [1.165, 1.54) is 12.1 Å². The first-order valence-corrected chi connectivity index (χ1v) is 3.99. The minimum absolute atomic E-state index is 0.180. The van der Waals surface area contributed by atoms with E-state index in [1.54, 1.807) is 13.1 Å². The summed E-state index contributed by atoms with van der Waals surface area (Å²) in [4.78, 5) is 0. The fourth-order valence-corrected chi connectivity index (χ4v) is 1.06. The zero-order chi connectivity index (χ0) is 9.84. The quantitative estimate of drug-likeness (QED) is 0.509. The highest BCUT2D eigenvalue weighted by molar-refractivity contribution is 5.41. The van der Waals surface area contributed by atoms with Crippen molar-refractivity contribution in [2.45, 2.75) is 6.10 Å². The molecule has 1 unspecified atom stereocenters. The monoisotopic (exact) mass is 182 g/mol. The fraction of sp³-hybridized carbons (Fsp3) is 0.333. The molecule has 0 aliphatic carbocycles. The van der Waals surface area contributed by atoms with E-state index < -0.39 is 6.10 Å². The number of phenols is 2. The lowest BCUT2D eigenvalue weighted by Gasteiger charge is -2.10. The van der Waals surface area contributed by atoms with E-state index in [1.807, 2.05) is 0 Å². The molecule has 0 heterocycles. The maximum atomic E-state index is 9.48. The van der Waals surface area contributed by atoms with E-state index in [-0.39, 0.29) is 11.5 Å². The molecular formula is C9H13NO3. The molecule has 0 saturated heterocycles. The van der Waals surface area contributed by atoms with Gasteiger partial charge in [0.1, 0.15) is 0 Å². The van der Waals surface area contributed by atoms with E-state index in [2.05, 4.69) is 5.32 Å². The van der Waals surface area contributed by atoms with Crippen LogP contribution in [0.1, 0.15) is 11.7 Å². The van der Waals surface area contributed by atoms with Crippen LogP contribution in [0.4, 0.5) is 0 Å². The first-order valence-electron chi connectivity index (χ1n) is 3.99. The van der Waals surface area contributed by atoms with Crippen molar-refractivity contribution in [2.75, 3.05) is 13.6 Å². The summed E-state index contributed by atoms with van der Waals surface area (Å²) >= 11 is 0. The van der Waals surface area contributed by atoms with Gasteiger partial charge in [0.15, 0.2) is 11.5 Å². The molecule has 1 aromatic rings. The minimum atomic E-state index is -0.670. The summed E-state index contributed by atoms with van der Waals surface area (Å²) in [5.74, 6) is -0.395. The Hall–Kier alpha value is -1.26. The van der Waals surface area contributed by atoms with Crippen LogP contribution in [0.5, 0.6) is 11.5 Å². The predicted molar refractivity (Wildman–Crippen MR) is 48.7 cm³/mol. The number of hydrogen-bond donors (Lipinski definition) is 4. The topological polar surface area (TPSA) is 72.7 Å². The molecule has 0 amide bonds. The molecule has 0 aromatic heterocycles. The van der Waals surface area contributed by atoms with Crippen molar-refractivity contribution >= 4 is 0 Å². The molecule has 4 nitrogen and oxygen atoms in total. The lowest BCUT2D eigenvalue weighted by atomic mass is 10.1. The first-order chi connectivity index (χ1) is 6.15. The highest BCUT2D eigenvalue weighted by atomic mass is 16.3. The molecule has 0 aliphatic rings. The Bertz CT molecular complexity index is 288. The summed E-state index contributed by atoms with van der Waals surface area (Å²) in [7, 11) is 1.73. The van der Waals surface area contributed by atoms with Crippen LogP contribution < -0.4 is 5.32 Å². The number of rotatable bonds is 3. The third-order valence-corrected chi connectivity index (χ3v) is 1.78. The van der Waals surface area contributed by atoms with E-state index in [0.717, 1.165) is 0 Å². The Morgan fingerprint density at radius 1 is 1.31 bits per heavy atom. The maximum Gasteiger partial charge on any atom is 0.157 e. The van der Waals surface area contributed by atoms with Crippen molar-refractivity contribution < 1.29 is 15.3 Å². The van der Waals surface area contributed by atoms with Gasteiger partial charge in [-0.2, -0.15) is 0 Å². The Kier molecular flexibility index (Phi) is 3.11. The molecule has 0 radical (unpaired) electrons. The molecule has 0 saturated carbocycles. The Morgan fingerprint density at radius 3 is 2.54 bits per heavy atom. The SMILES string of the molecule is [11CH3]NCC(O)c1ccc(O)c(O)c1. The predicted octanol–water partition coefficient (Wildman–Crippen LogP) is 0.351. The van der Waals surface area contributed by atoms with Gasteiger partial charge in [0.25, 0.3) is 0 Å². The zero-order valence-corrected chi connectivity index (χ0v) is 7.36. The van der Waals surface area contributed by atoms with Gasteiger partial charge in [0, 0.05) is 6.54 Å². The molecule has 4 heteroatoms. The average Bonchev–Trinajstić information content (AvgIpc) is 2.10.